The van der Waals surface area contributed by atoms with Crippen LogP contribution in [0.5, 0.6) is 0 Å². The van der Waals surface area contributed by atoms with Crippen molar-refractivity contribution in [3.8, 4) is 0 Å². The molecule has 0 amide bonds. The van der Waals surface area contributed by atoms with Crippen LogP contribution in [0.15, 0.2) is 29.2 Å². The first-order chi connectivity index (χ1) is 11.7. The Hall–Kier alpha value is -0.983. The minimum atomic E-state index is -3.66. The van der Waals surface area contributed by atoms with Crippen LogP contribution in [0.3, 0.4) is 0 Å². The van der Waals surface area contributed by atoms with Crippen molar-refractivity contribution in [2.24, 2.45) is 5.92 Å². The monoisotopic (exact) mass is 398 g/mol. The second-order valence-electron chi connectivity index (χ2n) is 9.03. The molecule has 0 N–H and O–H groups in total. The Morgan fingerprint density at radius 1 is 1.12 bits per heavy atom. The predicted molar refractivity (Wildman–Crippen MR) is 110 cm³/mol. The van der Waals surface area contributed by atoms with Crippen molar-refractivity contribution in [1.82, 2.24) is 0 Å². The van der Waals surface area contributed by atoms with E-state index < -0.39 is 30.0 Å². The van der Waals surface area contributed by atoms with Crippen molar-refractivity contribution >= 4 is 23.9 Å². The van der Waals surface area contributed by atoms with E-state index in [2.05, 4.69) is 33.9 Å². The van der Waals surface area contributed by atoms with Gasteiger partial charge in [-0.3, -0.25) is 4.79 Å². The summed E-state index contributed by atoms with van der Waals surface area (Å²) in [6.07, 6.45) is -0.134. The van der Waals surface area contributed by atoms with Gasteiger partial charge in [0.1, 0.15) is 11.9 Å². The van der Waals surface area contributed by atoms with E-state index in [9.17, 15) is 13.2 Å². The lowest BCUT2D eigenvalue weighted by Crippen LogP contribution is -2.47. The topological polar surface area (TPSA) is 60.4 Å². The van der Waals surface area contributed by atoms with Gasteiger partial charge in [-0.25, -0.2) is 8.42 Å². The van der Waals surface area contributed by atoms with Gasteiger partial charge in [-0.15, -0.1) is 0 Å². The lowest BCUT2D eigenvalue weighted by Gasteiger charge is -2.39. The van der Waals surface area contributed by atoms with Crippen LogP contribution >= 0.6 is 0 Å². The highest BCUT2D eigenvalue weighted by atomic mass is 32.2. The zero-order valence-electron chi connectivity index (χ0n) is 17.4. The smallest absolute Gasteiger partial charge is 0.193 e. The first kappa shape index (κ1) is 23.1. The van der Waals surface area contributed by atoms with Crippen molar-refractivity contribution in [3.05, 3.63) is 29.8 Å². The molecule has 0 aromatic heterocycles. The average molecular weight is 399 g/mol. The van der Waals surface area contributed by atoms with E-state index in [-0.39, 0.29) is 21.6 Å². The quantitative estimate of drug-likeness (QED) is 0.592. The van der Waals surface area contributed by atoms with E-state index >= 15 is 0 Å². The Labute approximate surface area is 160 Å². The normalized spacial score (nSPS) is 14.5. The van der Waals surface area contributed by atoms with Gasteiger partial charge in [-0.05, 0) is 49.5 Å². The van der Waals surface area contributed by atoms with Gasteiger partial charge in [-0.1, -0.05) is 52.3 Å². The molecule has 0 spiro atoms. The van der Waals surface area contributed by atoms with Crippen molar-refractivity contribution in [3.63, 3.8) is 0 Å². The number of sulfone groups is 1. The second-order valence-corrected chi connectivity index (χ2v) is 15.8. The number of carbonyl (C=O) groups excluding carboxylic acids is 1. The van der Waals surface area contributed by atoms with E-state index in [1.807, 2.05) is 20.8 Å². The SMILES string of the molecule is Cc1ccc(S(=O)(=O)CC(=O)[C@H](CC(C)C)O[Si](C)(C)C(C)(C)C)cc1. The maximum Gasteiger partial charge on any atom is 0.193 e. The molecule has 0 bridgehead atoms. The van der Waals surface area contributed by atoms with Gasteiger partial charge in [-0.2, -0.15) is 0 Å². The van der Waals surface area contributed by atoms with Crippen molar-refractivity contribution in [1.29, 1.82) is 0 Å². The molecule has 6 heteroatoms. The van der Waals surface area contributed by atoms with Crippen LogP contribution in [0.4, 0.5) is 0 Å². The van der Waals surface area contributed by atoms with Crippen LogP contribution in [0.2, 0.25) is 18.1 Å². The lowest BCUT2D eigenvalue weighted by atomic mass is 10.0. The van der Waals surface area contributed by atoms with Gasteiger partial charge in [0, 0.05) is 0 Å². The molecule has 0 saturated heterocycles. The van der Waals surface area contributed by atoms with E-state index in [1.54, 1.807) is 24.3 Å². The molecule has 4 nitrogen and oxygen atoms in total. The van der Waals surface area contributed by atoms with Gasteiger partial charge in [0.05, 0.1) is 4.90 Å². The van der Waals surface area contributed by atoms with Crippen LogP contribution in [-0.4, -0.2) is 34.4 Å². The highest BCUT2D eigenvalue weighted by Gasteiger charge is 2.41. The number of aryl methyl sites for hydroxylation is 1. The molecule has 0 saturated carbocycles. The summed E-state index contributed by atoms with van der Waals surface area (Å²) in [4.78, 5) is 13.0. The third-order valence-electron chi connectivity index (χ3n) is 5.00. The molecule has 0 aliphatic heterocycles. The van der Waals surface area contributed by atoms with Crippen LogP contribution in [0.25, 0.3) is 0 Å². The maximum absolute atomic E-state index is 12.9. The molecule has 0 heterocycles. The molecule has 0 aliphatic rings. The Morgan fingerprint density at radius 3 is 2.04 bits per heavy atom. The fraction of sp³-hybridized carbons (Fsp3) is 0.650. The largest absolute Gasteiger partial charge is 0.407 e. The van der Waals surface area contributed by atoms with Crippen LogP contribution in [0, 0.1) is 12.8 Å². The first-order valence-corrected chi connectivity index (χ1v) is 13.7. The van der Waals surface area contributed by atoms with Crippen LogP contribution in [0.1, 0.15) is 46.6 Å². The Morgan fingerprint density at radius 2 is 1.62 bits per heavy atom. The molecule has 1 aromatic carbocycles. The minimum Gasteiger partial charge on any atom is -0.407 e. The molecular weight excluding hydrogens is 364 g/mol. The van der Waals surface area contributed by atoms with E-state index in [0.29, 0.717) is 6.42 Å². The molecular formula is C20H34O4SSi. The molecule has 0 unspecified atom stereocenters. The number of benzene rings is 1. The molecule has 1 rings (SSSR count). The van der Waals surface area contributed by atoms with E-state index in [4.69, 9.17) is 4.43 Å². The van der Waals surface area contributed by atoms with Crippen molar-refractivity contribution < 1.29 is 17.6 Å². The third-order valence-corrected chi connectivity index (χ3v) is 11.1. The summed E-state index contributed by atoms with van der Waals surface area (Å²) in [5.41, 5.74) is 0.981. The molecule has 1 atom stereocenters. The van der Waals surface area contributed by atoms with Gasteiger partial charge >= 0.3 is 0 Å². The van der Waals surface area contributed by atoms with Crippen molar-refractivity contribution in [2.75, 3.05) is 5.75 Å². The van der Waals surface area contributed by atoms with Crippen LogP contribution in [-0.2, 0) is 19.1 Å². The van der Waals surface area contributed by atoms with Crippen molar-refractivity contribution in [2.45, 2.75) is 77.1 Å². The number of hydrogen-bond donors (Lipinski definition) is 0. The van der Waals surface area contributed by atoms with Crippen LogP contribution < -0.4 is 0 Å². The summed E-state index contributed by atoms with van der Waals surface area (Å²) < 4.78 is 31.6. The standard InChI is InChI=1S/C20H34O4SSi/c1-15(2)13-19(24-26(7,8)20(4,5)6)18(21)14-25(22,23)17-11-9-16(3)10-12-17/h9-12,15,19H,13-14H2,1-8H3/t19-/m0/s1. The minimum absolute atomic E-state index is 0.0433. The van der Waals surface area contributed by atoms with Gasteiger partial charge in [0.2, 0.25) is 0 Å². The summed E-state index contributed by atoms with van der Waals surface area (Å²) in [5.74, 6) is -0.609. The Kier molecular flexibility index (Phi) is 7.41. The van der Waals surface area contributed by atoms with Gasteiger partial charge in [0.25, 0.3) is 0 Å². The molecule has 0 fully saturated rings. The molecule has 0 radical (unpaired) electrons. The molecule has 1 aromatic rings. The first-order valence-electron chi connectivity index (χ1n) is 9.15. The lowest BCUT2D eigenvalue weighted by molar-refractivity contribution is -0.124. The summed E-state index contributed by atoms with van der Waals surface area (Å²) in [6, 6.07) is 6.61. The molecule has 26 heavy (non-hydrogen) atoms. The predicted octanol–water partition coefficient (Wildman–Crippen LogP) is 4.77. The molecule has 0 aliphatic carbocycles. The number of Topliss-reactive ketones (excluding diaryl/α,β-unsaturated/α-hetero) is 1. The fourth-order valence-electron chi connectivity index (χ4n) is 2.32. The zero-order valence-corrected chi connectivity index (χ0v) is 19.2. The summed E-state index contributed by atoms with van der Waals surface area (Å²) in [5, 5.41) is -0.0433. The highest BCUT2D eigenvalue weighted by molar-refractivity contribution is 7.92. The third kappa shape index (κ3) is 6.32. The zero-order chi connectivity index (χ0) is 20.3. The summed E-state index contributed by atoms with van der Waals surface area (Å²) in [7, 11) is -5.84. The van der Waals surface area contributed by atoms with Gasteiger partial charge < -0.3 is 4.43 Å². The Balaban J connectivity index is 3.04. The number of hydrogen-bond acceptors (Lipinski definition) is 4. The Bertz CT molecular complexity index is 713. The number of rotatable bonds is 8. The maximum atomic E-state index is 12.9. The summed E-state index contributed by atoms with van der Waals surface area (Å²) in [6.45, 7) is 16.4. The second kappa shape index (κ2) is 8.36. The highest BCUT2D eigenvalue weighted by Crippen LogP contribution is 2.38. The van der Waals surface area contributed by atoms with E-state index in [0.717, 1.165) is 5.56 Å². The average Bonchev–Trinajstić information content (AvgIpc) is 2.44. The number of carbonyl (C=O) groups is 1. The van der Waals surface area contributed by atoms with E-state index in [1.165, 1.54) is 0 Å². The summed E-state index contributed by atoms with van der Waals surface area (Å²) >= 11 is 0. The fourth-order valence-corrected chi connectivity index (χ4v) is 4.89. The number of ketones is 1. The molecule has 148 valence electrons. The van der Waals surface area contributed by atoms with Gasteiger partial charge in [0.15, 0.2) is 23.9 Å².